The number of benzene rings is 2. The Bertz CT molecular complexity index is 1110. The Hall–Kier alpha value is -2.78. The third kappa shape index (κ3) is 2.84. The lowest BCUT2D eigenvalue weighted by Gasteiger charge is -2.30. The van der Waals surface area contributed by atoms with Crippen LogP contribution in [0.15, 0.2) is 48.5 Å². The predicted molar refractivity (Wildman–Crippen MR) is 116 cm³/mol. The van der Waals surface area contributed by atoms with Gasteiger partial charge < -0.3 is 15.2 Å². The first-order valence-corrected chi connectivity index (χ1v) is 10.7. The monoisotopic (exact) mass is 455 g/mol. The molecule has 0 aliphatic carbocycles. The van der Waals surface area contributed by atoms with Crippen molar-refractivity contribution in [3.05, 3.63) is 64.7 Å². The number of anilines is 1. The van der Waals surface area contributed by atoms with Crippen LogP contribution in [0.4, 0.5) is 5.69 Å². The molecule has 0 saturated carbocycles. The Morgan fingerprint density at radius 2 is 1.84 bits per heavy atom. The summed E-state index contributed by atoms with van der Waals surface area (Å²) >= 11 is 5.98. The van der Waals surface area contributed by atoms with Gasteiger partial charge in [-0.25, -0.2) is 0 Å². The van der Waals surface area contributed by atoms with Crippen LogP contribution in [0.25, 0.3) is 0 Å². The quantitative estimate of drug-likeness (QED) is 0.589. The normalized spacial score (nSPS) is 29.4. The van der Waals surface area contributed by atoms with E-state index in [2.05, 4.69) is 10.6 Å². The number of carbonyl (C=O) groups excluding carboxylic acids is 3. The van der Waals surface area contributed by atoms with Gasteiger partial charge in [-0.3, -0.25) is 24.6 Å². The van der Waals surface area contributed by atoms with E-state index in [4.69, 9.17) is 16.3 Å². The molecule has 166 valence electrons. The Balaban J connectivity index is 1.63. The van der Waals surface area contributed by atoms with E-state index in [0.717, 1.165) is 4.90 Å². The number of halogens is 1. The highest BCUT2D eigenvalue weighted by atomic mass is 35.5. The molecule has 3 amide bonds. The van der Waals surface area contributed by atoms with Crippen LogP contribution in [0.5, 0.6) is 0 Å². The van der Waals surface area contributed by atoms with Gasteiger partial charge in [0, 0.05) is 23.4 Å². The van der Waals surface area contributed by atoms with Crippen LogP contribution in [0.3, 0.4) is 0 Å². The van der Waals surface area contributed by atoms with Gasteiger partial charge >= 0.3 is 0 Å². The number of nitrogens with one attached hydrogen (secondary N) is 2. The Kier molecular flexibility index (Phi) is 5.05. The van der Waals surface area contributed by atoms with Crippen molar-refractivity contribution >= 4 is 35.0 Å². The number of hydrogen-bond donors (Lipinski definition) is 3. The molecule has 3 N–H and O–H groups in total. The summed E-state index contributed by atoms with van der Waals surface area (Å²) in [6.07, 6.45) is -1.14. The minimum absolute atomic E-state index is 0.0876. The Morgan fingerprint density at radius 1 is 1.12 bits per heavy atom. The minimum Gasteiger partial charge on any atom is -0.387 e. The van der Waals surface area contributed by atoms with E-state index in [1.165, 1.54) is 7.11 Å². The standard InChI is InChI=1S/C23H22ClN3O5/c1-32-11-10-27-20(29)16-17(21(27)30)23(14-4-2-3-5-15(14)25-22(23)31)26-18(16)19(28)12-6-8-13(24)9-7-12/h2-9,16-19,26,28H,10-11H2,1H3,(H,25,31)/t16-,17-,18+,19-,23-/m1/s1. The molecule has 5 rings (SSSR count). The van der Waals surface area contributed by atoms with Crippen molar-refractivity contribution in [2.75, 3.05) is 25.6 Å². The maximum atomic E-state index is 13.5. The van der Waals surface area contributed by atoms with Gasteiger partial charge in [0.15, 0.2) is 0 Å². The minimum atomic E-state index is -1.45. The first kappa shape index (κ1) is 21.1. The highest BCUT2D eigenvalue weighted by Gasteiger charge is 2.71. The number of likely N-dealkylation sites (tertiary alicyclic amines) is 1. The lowest BCUT2D eigenvalue weighted by atomic mass is 9.76. The fourth-order valence-corrected chi connectivity index (χ4v) is 5.41. The number of imide groups is 1. The van der Waals surface area contributed by atoms with Crippen LogP contribution < -0.4 is 10.6 Å². The third-order valence-corrected chi connectivity index (χ3v) is 6.97. The molecule has 2 fully saturated rings. The van der Waals surface area contributed by atoms with E-state index in [0.29, 0.717) is 21.8 Å². The molecule has 8 nitrogen and oxygen atoms in total. The molecule has 2 saturated heterocycles. The number of aliphatic hydroxyl groups is 1. The number of hydrogen-bond acceptors (Lipinski definition) is 6. The largest absolute Gasteiger partial charge is 0.387 e. The molecule has 0 bridgehead atoms. The summed E-state index contributed by atoms with van der Waals surface area (Å²) in [5.74, 6) is -3.17. The first-order valence-electron chi connectivity index (χ1n) is 10.4. The highest BCUT2D eigenvalue weighted by molar-refractivity contribution is 6.30. The number of aliphatic hydroxyl groups excluding tert-OH is 1. The van der Waals surface area contributed by atoms with Crippen molar-refractivity contribution < 1.29 is 24.2 Å². The van der Waals surface area contributed by atoms with Crippen molar-refractivity contribution in [2.45, 2.75) is 17.7 Å². The van der Waals surface area contributed by atoms with Gasteiger partial charge in [0.05, 0.1) is 37.1 Å². The fourth-order valence-electron chi connectivity index (χ4n) is 5.29. The summed E-state index contributed by atoms with van der Waals surface area (Å²) in [7, 11) is 1.49. The van der Waals surface area contributed by atoms with Gasteiger partial charge in [-0.05, 0) is 23.8 Å². The number of methoxy groups -OCH3 is 1. The molecule has 3 aliphatic heterocycles. The lowest BCUT2D eigenvalue weighted by Crippen LogP contribution is -2.54. The number of amides is 3. The molecule has 1 spiro atoms. The number of para-hydroxylation sites is 1. The van der Waals surface area contributed by atoms with Crippen molar-refractivity contribution in [1.29, 1.82) is 0 Å². The third-order valence-electron chi connectivity index (χ3n) is 6.72. The van der Waals surface area contributed by atoms with Crippen molar-refractivity contribution in [3.63, 3.8) is 0 Å². The number of carbonyl (C=O) groups is 3. The van der Waals surface area contributed by atoms with E-state index < -0.39 is 47.2 Å². The summed E-state index contributed by atoms with van der Waals surface area (Å²) in [6, 6.07) is 12.9. The second-order valence-electron chi connectivity index (χ2n) is 8.30. The maximum Gasteiger partial charge on any atom is 0.250 e. The lowest BCUT2D eigenvalue weighted by molar-refractivity contribution is -0.143. The summed E-state index contributed by atoms with van der Waals surface area (Å²) in [4.78, 5) is 41.4. The summed E-state index contributed by atoms with van der Waals surface area (Å²) in [5.41, 5.74) is 0.264. The van der Waals surface area contributed by atoms with Gasteiger partial charge in [0.1, 0.15) is 5.54 Å². The van der Waals surface area contributed by atoms with Crippen LogP contribution in [0.1, 0.15) is 17.2 Å². The zero-order valence-corrected chi connectivity index (χ0v) is 18.0. The molecule has 5 atom stereocenters. The average Bonchev–Trinajstić information content (AvgIpc) is 3.38. The summed E-state index contributed by atoms with van der Waals surface area (Å²) in [5, 5.41) is 17.8. The van der Waals surface area contributed by atoms with E-state index >= 15 is 0 Å². The number of fused-ring (bicyclic) bond motifs is 4. The molecule has 32 heavy (non-hydrogen) atoms. The summed E-state index contributed by atoms with van der Waals surface area (Å²) in [6.45, 7) is 0.273. The average molecular weight is 456 g/mol. The maximum absolute atomic E-state index is 13.5. The Morgan fingerprint density at radius 3 is 2.56 bits per heavy atom. The van der Waals surface area contributed by atoms with Crippen LogP contribution in [0.2, 0.25) is 5.02 Å². The second-order valence-corrected chi connectivity index (χ2v) is 8.74. The molecule has 2 aromatic rings. The zero-order valence-electron chi connectivity index (χ0n) is 17.2. The molecule has 3 aliphatic rings. The van der Waals surface area contributed by atoms with Gasteiger partial charge in [0.2, 0.25) is 17.7 Å². The topological polar surface area (TPSA) is 108 Å². The van der Waals surface area contributed by atoms with Crippen molar-refractivity contribution in [3.8, 4) is 0 Å². The highest BCUT2D eigenvalue weighted by Crippen LogP contribution is 2.54. The Labute approximate surface area is 189 Å². The molecule has 0 aromatic heterocycles. The number of ether oxygens (including phenoxy) is 1. The van der Waals surface area contributed by atoms with Gasteiger partial charge in [0.25, 0.3) is 0 Å². The fraction of sp³-hybridized carbons (Fsp3) is 0.348. The van der Waals surface area contributed by atoms with Crippen LogP contribution >= 0.6 is 11.6 Å². The van der Waals surface area contributed by atoms with Crippen molar-refractivity contribution in [1.82, 2.24) is 10.2 Å². The zero-order chi connectivity index (χ0) is 22.6. The van der Waals surface area contributed by atoms with Gasteiger partial charge in [-0.15, -0.1) is 0 Å². The molecule has 3 heterocycles. The van der Waals surface area contributed by atoms with E-state index in [9.17, 15) is 19.5 Å². The van der Waals surface area contributed by atoms with E-state index in [1.54, 1.807) is 48.5 Å². The molecular formula is C23H22ClN3O5. The van der Waals surface area contributed by atoms with Crippen LogP contribution in [0, 0.1) is 11.8 Å². The molecule has 0 unspecified atom stereocenters. The molecule has 9 heteroatoms. The van der Waals surface area contributed by atoms with Crippen molar-refractivity contribution in [2.24, 2.45) is 11.8 Å². The van der Waals surface area contributed by atoms with E-state index in [-0.39, 0.29) is 13.2 Å². The van der Waals surface area contributed by atoms with Gasteiger partial charge in [-0.2, -0.15) is 0 Å². The second kappa shape index (κ2) is 7.67. The molecule has 0 radical (unpaired) electrons. The van der Waals surface area contributed by atoms with Crippen LogP contribution in [-0.2, 0) is 24.7 Å². The SMILES string of the molecule is COCCN1C(=O)[C@H]2[C@@H]([C@H](O)c3ccc(Cl)cc3)N[C@@]3(C(=O)Nc4ccccc43)[C@H]2C1=O. The number of nitrogens with zero attached hydrogens (tertiary/aromatic N) is 1. The molecular weight excluding hydrogens is 434 g/mol. The first-order chi connectivity index (χ1) is 15.4. The molecule has 2 aromatic carbocycles. The predicted octanol–water partition coefficient (Wildman–Crippen LogP) is 1.44. The smallest absolute Gasteiger partial charge is 0.250 e. The van der Waals surface area contributed by atoms with Gasteiger partial charge in [-0.1, -0.05) is 41.9 Å². The number of rotatable bonds is 5. The summed E-state index contributed by atoms with van der Waals surface area (Å²) < 4.78 is 5.07. The van der Waals surface area contributed by atoms with Crippen LogP contribution in [-0.4, -0.2) is 54.0 Å². The van der Waals surface area contributed by atoms with E-state index in [1.807, 2.05) is 0 Å².